The third-order valence-electron chi connectivity index (χ3n) is 5.65. The Morgan fingerprint density at radius 2 is 2.12 bits per heavy atom. The van der Waals surface area contributed by atoms with Gasteiger partial charge in [-0.2, -0.15) is 0 Å². The Morgan fingerprint density at radius 1 is 1.31 bits per heavy atom. The van der Waals surface area contributed by atoms with Crippen LogP contribution >= 0.6 is 0 Å². The van der Waals surface area contributed by atoms with Crippen molar-refractivity contribution in [1.82, 2.24) is 9.80 Å². The number of phenolic OH excluding ortho intramolecular Hbond substituents is 1. The average Bonchev–Trinajstić information content (AvgIpc) is 2.62. The van der Waals surface area contributed by atoms with Crippen LogP contribution in [0.4, 0.5) is 0 Å². The van der Waals surface area contributed by atoms with E-state index in [1.807, 2.05) is 22.8 Å². The van der Waals surface area contributed by atoms with E-state index in [-0.39, 0.29) is 23.0 Å². The number of aryl methyl sites for hydroxylation is 1. The number of phenols is 1. The lowest BCUT2D eigenvalue weighted by Crippen LogP contribution is -2.55. The van der Waals surface area contributed by atoms with Crippen molar-refractivity contribution in [3.63, 3.8) is 0 Å². The first kappa shape index (κ1) is 18.7. The lowest BCUT2D eigenvalue weighted by Gasteiger charge is -2.48. The van der Waals surface area contributed by atoms with Gasteiger partial charge < -0.3 is 19.6 Å². The highest BCUT2D eigenvalue weighted by atomic mass is 16.5. The Balaban J connectivity index is 1.74. The molecule has 1 aromatic carbocycles. The van der Waals surface area contributed by atoms with Crippen LogP contribution in [-0.2, 0) is 9.53 Å². The van der Waals surface area contributed by atoms with Gasteiger partial charge in [0.15, 0.2) is 0 Å². The minimum atomic E-state index is -0.123. The predicted octanol–water partition coefficient (Wildman–Crippen LogP) is 2.19. The fourth-order valence-electron chi connectivity index (χ4n) is 4.21. The van der Waals surface area contributed by atoms with Gasteiger partial charge in [0.05, 0.1) is 12.2 Å². The van der Waals surface area contributed by atoms with Gasteiger partial charge in [-0.05, 0) is 43.9 Å². The van der Waals surface area contributed by atoms with Gasteiger partial charge in [-0.25, -0.2) is 0 Å². The van der Waals surface area contributed by atoms with E-state index in [0.717, 1.165) is 24.8 Å². The normalized spacial score (nSPS) is 23.5. The molecular weight excluding hydrogens is 332 g/mol. The van der Waals surface area contributed by atoms with Gasteiger partial charge in [-0.3, -0.25) is 9.59 Å². The molecule has 6 heteroatoms. The largest absolute Gasteiger partial charge is 0.507 e. The molecule has 1 N–H and O–H groups in total. The minimum Gasteiger partial charge on any atom is -0.507 e. The van der Waals surface area contributed by atoms with Gasteiger partial charge in [0.25, 0.3) is 5.91 Å². The van der Waals surface area contributed by atoms with Gasteiger partial charge in [-0.1, -0.05) is 6.07 Å². The molecule has 0 unspecified atom stereocenters. The van der Waals surface area contributed by atoms with Gasteiger partial charge >= 0.3 is 0 Å². The molecule has 0 aromatic heterocycles. The topological polar surface area (TPSA) is 70.1 Å². The van der Waals surface area contributed by atoms with Gasteiger partial charge in [0.1, 0.15) is 5.75 Å². The van der Waals surface area contributed by atoms with E-state index in [1.54, 1.807) is 19.2 Å². The number of carbonyl (C=O) groups excluding carboxylic acids is 2. The number of nitrogens with zero attached hydrogens (tertiary/aromatic N) is 2. The summed E-state index contributed by atoms with van der Waals surface area (Å²) in [5.74, 6) is 0.0874. The number of benzene rings is 1. The monoisotopic (exact) mass is 360 g/mol. The summed E-state index contributed by atoms with van der Waals surface area (Å²) in [6.07, 6.45) is 3.29. The van der Waals surface area contributed by atoms with E-state index in [0.29, 0.717) is 44.8 Å². The molecule has 0 aliphatic carbocycles. The number of hydrogen-bond donors (Lipinski definition) is 1. The van der Waals surface area contributed by atoms with Crippen molar-refractivity contribution in [3.8, 4) is 5.75 Å². The molecule has 0 bridgehead atoms. The average molecular weight is 360 g/mol. The lowest BCUT2D eigenvalue weighted by atomic mass is 9.73. The van der Waals surface area contributed by atoms with Gasteiger partial charge in [0, 0.05) is 45.1 Å². The number of ether oxygens (including phenoxy) is 1. The van der Waals surface area contributed by atoms with E-state index in [2.05, 4.69) is 0 Å². The highest BCUT2D eigenvalue weighted by molar-refractivity contribution is 5.97. The Hall–Kier alpha value is -2.08. The lowest BCUT2D eigenvalue weighted by molar-refractivity contribution is -0.139. The second-order valence-electron chi connectivity index (χ2n) is 7.66. The zero-order chi connectivity index (χ0) is 18.7. The fraction of sp³-hybridized carbons (Fsp3) is 0.600. The van der Waals surface area contributed by atoms with Crippen LogP contribution < -0.4 is 0 Å². The second-order valence-corrected chi connectivity index (χ2v) is 7.66. The molecule has 2 heterocycles. The SMILES string of the molecule is COCCN1C[C@@]2(CCCN(C(=O)c3ccc(C)cc3O)C2)CCC1=O. The molecule has 2 aliphatic heterocycles. The maximum atomic E-state index is 12.9. The van der Waals surface area contributed by atoms with E-state index < -0.39 is 0 Å². The number of hydrogen-bond acceptors (Lipinski definition) is 4. The summed E-state index contributed by atoms with van der Waals surface area (Å²) in [6.45, 7) is 5.03. The van der Waals surface area contributed by atoms with Crippen molar-refractivity contribution in [3.05, 3.63) is 29.3 Å². The first-order chi connectivity index (χ1) is 12.4. The first-order valence-electron chi connectivity index (χ1n) is 9.30. The number of methoxy groups -OCH3 is 1. The van der Waals surface area contributed by atoms with E-state index in [9.17, 15) is 14.7 Å². The quantitative estimate of drug-likeness (QED) is 0.894. The van der Waals surface area contributed by atoms with Crippen LogP contribution in [0.15, 0.2) is 18.2 Å². The van der Waals surface area contributed by atoms with Crippen LogP contribution in [0, 0.1) is 12.3 Å². The zero-order valence-electron chi connectivity index (χ0n) is 15.7. The zero-order valence-corrected chi connectivity index (χ0v) is 15.7. The van der Waals surface area contributed by atoms with Crippen LogP contribution in [0.1, 0.15) is 41.6 Å². The molecule has 1 spiro atoms. The molecule has 2 saturated heterocycles. The third-order valence-corrected chi connectivity index (χ3v) is 5.65. The summed E-state index contributed by atoms with van der Waals surface area (Å²) < 4.78 is 5.12. The second kappa shape index (κ2) is 7.66. The molecule has 0 saturated carbocycles. The summed E-state index contributed by atoms with van der Waals surface area (Å²) >= 11 is 0. The maximum Gasteiger partial charge on any atom is 0.257 e. The van der Waals surface area contributed by atoms with Crippen LogP contribution in [0.2, 0.25) is 0 Å². The maximum absolute atomic E-state index is 12.9. The summed E-state index contributed by atoms with van der Waals surface area (Å²) in [4.78, 5) is 28.9. The highest BCUT2D eigenvalue weighted by Gasteiger charge is 2.42. The van der Waals surface area contributed by atoms with Crippen LogP contribution in [-0.4, -0.2) is 66.6 Å². The van der Waals surface area contributed by atoms with Crippen LogP contribution in [0.5, 0.6) is 5.75 Å². The molecule has 3 rings (SSSR count). The molecule has 2 amide bonds. The van der Waals surface area contributed by atoms with Crippen molar-refractivity contribution in [2.24, 2.45) is 5.41 Å². The first-order valence-corrected chi connectivity index (χ1v) is 9.30. The number of amides is 2. The Kier molecular flexibility index (Phi) is 5.51. The molecule has 142 valence electrons. The van der Waals surface area contributed by atoms with Crippen LogP contribution in [0.3, 0.4) is 0 Å². The number of carbonyl (C=O) groups is 2. The Morgan fingerprint density at radius 3 is 2.85 bits per heavy atom. The molecule has 1 atom stereocenters. The molecular formula is C20H28N2O4. The third kappa shape index (κ3) is 3.85. The summed E-state index contributed by atoms with van der Waals surface area (Å²) in [5, 5.41) is 10.2. The van der Waals surface area contributed by atoms with Gasteiger partial charge in [0.2, 0.25) is 5.91 Å². The highest BCUT2D eigenvalue weighted by Crippen LogP contribution is 2.39. The van der Waals surface area contributed by atoms with Crippen molar-refractivity contribution in [2.75, 3.05) is 39.9 Å². The Bertz CT molecular complexity index is 690. The number of aromatic hydroxyl groups is 1. The van der Waals surface area contributed by atoms with E-state index in [4.69, 9.17) is 4.74 Å². The Labute approximate surface area is 154 Å². The molecule has 26 heavy (non-hydrogen) atoms. The molecule has 0 radical (unpaired) electrons. The fourth-order valence-corrected chi connectivity index (χ4v) is 4.21. The van der Waals surface area contributed by atoms with Crippen molar-refractivity contribution in [1.29, 1.82) is 0 Å². The standard InChI is InChI=1S/C20H28N2O4/c1-15-4-5-16(17(23)12-15)19(25)22-9-3-7-20(14-22)8-6-18(24)21(13-20)10-11-26-2/h4-5,12,23H,3,6-11,13-14H2,1-2H3/t20-/m1/s1. The molecule has 1 aromatic rings. The van der Waals surface area contributed by atoms with Gasteiger partial charge in [-0.15, -0.1) is 0 Å². The molecule has 2 aliphatic rings. The van der Waals surface area contributed by atoms with Crippen molar-refractivity contribution >= 4 is 11.8 Å². The smallest absolute Gasteiger partial charge is 0.257 e. The van der Waals surface area contributed by atoms with E-state index >= 15 is 0 Å². The summed E-state index contributed by atoms with van der Waals surface area (Å²) in [7, 11) is 1.64. The number of likely N-dealkylation sites (tertiary alicyclic amines) is 2. The molecule has 6 nitrogen and oxygen atoms in total. The minimum absolute atomic E-state index is 0.0372. The molecule has 2 fully saturated rings. The predicted molar refractivity (Wildman–Crippen MR) is 98.1 cm³/mol. The summed E-state index contributed by atoms with van der Waals surface area (Å²) in [6, 6.07) is 5.17. The van der Waals surface area contributed by atoms with Crippen molar-refractivity contribution < 1.29 is 19.4 Å². The summed E-state index contributed by atoms with van der Waals surface area (Å²) in [5.41, 5.74) is 1.24. The van der Waals surface area contributed by atoms with Crippen molar-refractivity contribution in [2.45, 2.75) is 32.6 Å². The van der Waals surface area contributed by atoms with E-state index in [1.165, 1.54) is 0 Å². The van der Waals surface area contributed by atoms with Crippen LogP contribution in [0.25, 0.3) is 0 Å². The number of piperidine rings is 2. The number of rotatable bonds is 4.